The lowest BCUT2D eigenvalue weighted by molar-refractivity contribution is -0.140. The molecule has 0 heterocycles. The fourth-order valence-electron chi connectivity index (χ4n) is 1.39. The third-order valence-electron chi connectivity index (χ3n) is 2.32. The van der Waals surface area contributed by atoms with Crippen LogP contribution in [-0.4, -0.2) is 25.8 Å². The van der Waals surface area contributed by atoms with Gasteiger partial charge in [-0.25, -0.2) is 9.18 Å². The average Bonchev–Trinajstić information content (AvgIpc) is 2.37. The molecular weight excluding hydrogens is 280 g/mol. The molecule has 20 heavy (non-hydrogen) atoms. The summed E-state index contributed by atoms with van der Waals surface area (Å²) in [5, 5.41) is 0. The van der Waals surface area contributed by atoms with Gasteiger partial charge in [-0.2, -0.15) is 13.2 Å². The second-order valence-electron chi connectivity index (χ2n) is 3.94. The highest BCUT2D eigenvalue weighted by Crippen LogP contribution is 2.31. The van der Waals surface area contributed by atoms with E-state index in [1.807, 2.05) is 6.92 Å². The molecule has 1 aromatic carbocycles. The highest BCUT2D eigenvalue weighted by Gasteiger charge is 2.34. The molecule has 112 valence electrons. The minimum Gasteiger partial charge on any atom is -0.460 e. The van der Waals surface area contributed by atoms with Gasteiger partial charge in [0.15, 0.2) is 0 Å². The van der Waals surface area contributed by atoms with Crippen LogP contribution in [0.25, 0.3) is 0 Å². The lowest BCUT2D eigenvalue weighted by Crippen LogP contribution is -2.14. The van der Waals surface area contributed by atoms with Gasteiger partial charge in [0.25, 0.3) is 0 Å². The quantitative estimate of drug-likeness (QED) is 0.458. The summed E-state index contributed by atoms with van der Waals surface area (Å²) in [6.45, 7) is 2.50. The fraction of sp³-hybridized carbons (Fsp3) is 0.462. The molecule has 1 rings (SSSR count). The Morgan fingerprint density at radius 1 is 1.20 bits per heavy atom. The van der Waals surface area contributed by atoms with E-state index in [0.29, 0.717) is 18.7 Å². The number of rotatable bonds is 6. The van der Waals surface area contributed by atoms with Crippen molar-refractivity contribution in [1.29, 1.82) is 0 Å². The third-order valence-corrected chi connectivity index (χ3v) is 2.32. The van der Waals surface area contributed by atoms with Gasteiger partial charge in [-0.1, -0.05) is 6.92 Å². The maximum Gasteiger partial charge on any atom is 0.419 e. The first-order valence-electron chi connectivity index (χ1n) is 5.98. The number of hydrogen-bond acceptors (Lipinski definition) is 3. The molecule has 0 unspecified atom stereocenters. The van der Waals surface area contributed by atoms with Crippen LogP contribution in [0.4, 0.5) is 17.6 Å². The van der Waals surface area contributed by atoms with Crippen molar-refractivity contribution in [2.75, 3.05) is 19.8 Å². The summed E-state index contributed by atoms with van der Waals surface area (Å²) < 4.78 is 60.2. The Kier molecular flexibility index (Phi) is 5.94. The molecule has 0 aliphatic rings. The van der Waals surface area contributed by atoms with Crippen LogP contribution >= 0.6 is 0 Å². The number of esters is 1. The van der Waals surface area contributed by atoms with Gasteiger partial charge in [-0.05, 0) is 24.6 Å². The van der Waals surface area contributed by atoms with Crippen LogP contribution in [-0.2, 0) is 15.7 Å². The molecule has 0 amide bonds. The SMILES string of the molecule is CCCOCCOC(=O)c1ccc(F)c(C(F)(F)F)c1. The van der Waals surface area contributed by atoms with E-state index in [0.717, 1.165) is 12.5 Å². The summed E-state index contributed by atoms with van der Waals surface area (Å²) in [5.74, 6) is -2.38. The summed E-state index contributed by atoms with van der Waals surface area (Å²) >= 11 is 0. The van der Waals surface area contributed by atoms with Gasteiger partial charge < -0.3 is 9.47 Å². The van der Waals surface area contributed by atoms with Gasteiger partial charge in [0.2, 0.25) is 0 Å². The summed E-state index contributed by atoms with van der Waals surface area (Å²) in [7, 11) is 0. The first kappa shape index (κ1) is 16.4. The van der Waals surface area contributed by atoms with Gasteiger partial charge in [0.05, 0.1) is 17.7 Å². The molecule has 1 aromatic rings. The third kappa shape index (κ3) is 4.80. The van der Waals surface area contributed by atoms with Crippen LogP contribution < -0.4 is 0 Å². The zero-order valence-corrected chi connectivity index (χ0v) is 10.8. The zero-order valence-electron chi connectivity index (χ0n) is 10.8. The summed E-state index contributed by atoms with van der Waals surface area (Å²) in [4.78, 5) is 11.5. The van der Waals surface area contributed by atoms with E-state index in [4.69, 9.17) is 9.47 Å². The molecule has 0 saturated heterocycles. The van der Waals surface area contributed by atoms with E-state index in [1.54, 1.807) is 0 Å². The molecule has 0 bridgehead atoms. The Balaban J connectivity index is 2.65. The number of carbonyl (C=O) groups is 1. The van der Waals surface area contributed by atoms with E-state index < -0.39 is 23.5 Å². The predicted octanol–water partition coefficient (Wildman–Crippen LogP) is 3.43. The molecule has 0 radical (unpaired) electrons. The van der Waals surface area contributed by atoms with Crippen molar-refractivity contribution in [3.05, 3.63) is 35.1 Å². The Hall–Kier alpha value is -1.63. The normalized spacial score (nSPS) is 11.4. The maximum atomic E-state index is 13.0. The van der Waals surface area contributed by atoms with Crippen molar-refractivity contribution in [2.45, 2.75) is 19.5 Å². The summed E-state index contributed by atoms with van der Waals surface area (Å²) in [6, 6.07) is 1.97. The highest BCUT2D eigenvalue weighted by atomic mass is 19.4. The van der Waals surface area contributed by atoms with Crippen molar-refractivity contribution in [3.8, 4) is 0 Å². The first-order chi connectivity index (χ1) is 9.36. The number of halogens is 4. The number of benzene rings is 1. The minimum absolute atomic E-state index is 0.0719. The lowest BCUT2D eigenvalue weighted by Gasteiger charge is -2.10. The molecule has 0 spiro atoms. The van der Waals surface area contributed by atoms with Crippen LogP contribution in [0.5, 0.6) is 0 Å². The van der Waals surface area contributed by atoms with E-state index in [9.17, 15) is 22.4 Å². The van der Waals surface area contributed by atoms with Crippen LogP contribution in [0.15, 0.2) is 18.2 Å². The molecule has 0 N–H and O–H groups in total. The smallest absolute Gasteiger partial charge is 0.419 e. The van der Waals surface area contributed by atoms with Crippen molar-refractivity contribution < 1.29 is 31.8 Å². The Morgan fingerprint density at radius 3 is 2.50 bits per heavy atom. The van der Waals surface area contributed by atoms with Gasteiger partial charge in [0.1, 0.15) is 12.4 Å². The minimum atomic E-state index is -4.86. The summed E-state index contributed by atoms with van der Waals surface area (Å²) in [5.41, 5.74) is -1.84. The molecular formula is C13H14F4O3. The average molecular weight is 294 g/mol. The van der Waals surface area contributed by atoms with Gasteiger partial charge in [-0.3, -0.25) is 0 Å². The molecule has 3 nitrogen and oxygen atoms in total. The number of ether oxygens (including phenoxy) is 2. The van der Waals surface area contributed by atoms with Crippen molar-refractivity contribution in [1.82, 2.24) is 0 Å². The Labute approximate surface area is 113 Å². The Morgan fingerprint density at radius 2 is 1.90 bits per heavy atom. The van der Waals surface area contributed by atoms with Gasteiger partial charge >= 0.3 is 12.1 Å². The van der Waals surface area contributed by atoms with Crippen LogP contribution in [0.1, 0.15) is 29.3 Å². The lowest BCUT2D eigenvalue weighted by atomic mass is 10.1. The fourth-order valence-corrected chi connectivity index (χ4v) is 1.39. The summed E-state index contributed by atoms with van der Waals surface area (Å²) in [6.07, 6.45) is -4.05. The number of carbonyl (C=O) groups excluding carboxylic acids is 1. The van der Waals surface area contributed by atoms with Gasteiger partial charge in [-0.15, -0.1) is 0 Å². The van der Waals surface area contributed by atoms with Crippen LogP contribution in [0, 0.1) is 5.82 Å². The van der Waals surface area contributed by atoms with E-state index in [-0.39, 0.29) is 18.8 Å². The molecule has 0 aliphatic carbocycles. The van der Waals surface area contributed by atoms with Crippen molar-refractivity contribution in [2.24, 2.45) is 0 Å². The molecule has 0 aromatic heterocycles. The molecule has 0 fully saturated rings. The van der Waals surface area contributed by atoms with E-state index in [1.165, 1.54) is 0 Å². The molecule has 0 aliphatic heterocycles. The van der Waals surface area contributed by atoms with Crippen molar-refractivity contribution in [3.63, 3.8) is 0 Å². The second-order valence-corrected chi connectivity index (χ2v) is 3.94. The zero-order chi connectivity index (χ0) is 15.2. The van der Waals surface area contributed by atoms with Crippen LogP contribution in [0.2, 0.25) is 0 Å². The second kappa shape index (κ2) is 7.23. The molecule has 0 atom stereocenters. The van der Waals surface area contributed by atoms with E-state index >= 15 is 0 Å². The standard InChI is InChI=1S/C13H14F4O3/c1-2-5-19-6-7-20-12(18)9-3-4-11(14)10(8-9)13(15,16)17/h3-4,8H,2,5-7H2,1H3. The van der Waals surface area contributed by atoms with Crippen LogP contribution in [0.3, 0.4) is 0 Å². The maximum absolute atomic E-state index is 13.0. The number of alkyl halides is 3. The van der Waals surface area contributed by atoms with E-state index in [2.05, 4.69) is 0 Å². The Bertz CT molecular complexity index is 457. The largest absolute Gasteiger partial charge is 0.460 e. The first-order valence-corrected chi connectivity index (χ1v) is 5.98. The molecule has 7 heteroatoms. The molecule has 0 saturated carbocycles. The number of hydrogen-bond donors (Lipinski definition) is 0. The van der Waals surface area contributed by atoms with Crippen molar-refractivity contribution >= 4 is 5.97 Å². The predicted molar refractivity (Wildman–Crippen MR) is 62.8 cm³/mol. The highest BCUT2D eigenvalue weighted by molar-refractivity contribution is 5.89. The topological polar surface area (TPSA) is 35.5 Å². The monoisotopic (exact) mass is 294 g/mol. The van der Waals surface area contributed by atoms with Gasteiger partial charge in [0, 0.05) is 6.61 Å².